The van der Waals surface area contributed by atoms with Crippen molar-refractivity contribution in [3.05, 3.63) is 46.2 Å². The Labute approximate surface area is 123 Å². The maximum Gasteiger partial charge on any atom is 0.251 e. The Hall–Kier alpha value is -2.10. The number of H-pyrrole nitrogens is 1. The first-order valence-corrected chi connectivity index (χ1v) is 7.38. The lowest BCUT2D eigenvalue weighted by atomic mass is 9.87. The highest BCUT2D eigenvalue weighted by Gasteiger charge is 2.37. The molecular formula is C17H20N2O2. The summed E-state index contributed by atoms with van der Waals surface area (Å²) in [6.07, 6.45) is 2.52. The molecule has 3 rings (SSSR count). The van der Waals surface area contributed by atoms with Crippen molar-refractivity contribution >= 4 is 16.8 Å². The van der Waals surface area contributed by atoms with Gasteiger partial charge in [0.05, 0.1) is 0 Å². The van der Waals surface area contributed by atoms with Crippen LogP contribution in [0.15, 0.2) is 35.1 Å². The van der Waals surface area contributed by atoms with Crippen LogP contribution in [0.3, 0.4) is 0 Å². The highest BCUT2D eigenvalue weighted by molar-refractivity contribution is 6.06. The van der Waals surface area contributed by atoms with Gasteiger partial charge in [0, 0.05) is 29.1 Å². The SMILES string of the molecule is CC(C)(CNC(=O)c1cccc2[nH]c(=O)ccc12)C1CC1. The summed E-state index contributed by atoms with van der Waals surface area (Å²) in [5, 5.41) is 3.81. The van der Waals surface area contributed by atoms with Crippen LogP contribution in [-0.4, -0.2) is 17.4 Å². The van der Waals surface area contributed by atoms with Gasteiger partial charge in [-0.2, -0.15) is 0 Å². The van der Waals surface area contributed by atoms with Crippen LogP contribution in [0.25, 0.3) is 10.9 Å². The first-order valence-electron chi connectivity index (χ1n) is 7.38. The molecule has 0 unspecified atom stereocenters. The summed E-state index contributed by atoms with van der Waals surface area (Å²) < 4.78 is 0. The molecule has 1 heterocycles. The van der Waals surface area contributed by atoms with E-state index in [2.05, 4.69) is 24.1 Å². The fourth-order valence-electron chi connectivity index (χ4n) is 2.80. The lowest BCUT2D eigenvalue weighted by molar-refractivity contribution is 0.0933. The maximum absolute atomic E-state index is 12.4. The number of benzene rings is 1. The predicted molar refractivity (Wildman–Crippen MR) is 83.4 cm³/mol. The highest BCUT2D eigenvalue weighted by atomic mass is 16.1. The van der Waals surface area contributed by atoms with Crippen LogP contribution in [-0.2, 0) is 0 Å². The molecule has 0 aliphatic heterocycles. The lowest BCUT2D eigenvalue weighted by Crippen LogP contribution is -2.35. The third-order valence-electron chi connectivity index (χ3n) is 4.40. The van der Waals surface area contributed by atoms with Crippen molar-refractivity contribution in [3.63, 3.8) is 0 Å². The normalized spacial score (nSPS) is 15.1. The quantitative estimate of drug-likeness (QED) is 0.906. The third kappa shape index (κ3) is 2.84. The van der Waals surface area contributed by atoms with E-state index in [0.717, 1.165) is 11.3 Å². The zero-order valence-electron chi connectivity index (χ0n) is 12.4. The van der Waals surface area contributed by atoms with Crippen LogP contribution in [0.5, 0.6) is 0 Å². The van der Waals surface area contributed by atoms with Gasteiger partial charge in [0.1, 0.15) is 0 Å². The number of carbonyl (C=O) groups is 1. The molecule has 21 heavy (non-hydrogen) atoms. The predicted octanol–water partition coefficient (Wildman–Crippen LogP) is 2.69. The number of aromatic amines is 1. The Morgan fingerprint density at radius 2 is 2.05 bits per heavy atom. The van der Waals surface area contributed by atoms with Crippen molar-refractivity contribution in [1.29, 1.82) is 0 Å². The van der Waals surface area contributed by atoms with Gasteiger partial charge in [-0.1, -0.05) is 19.9 Å². The minimum absolute atomic E-state index is 0.0821. The number of fused-ring (bicyclic) bond motifs is 1. The van der Waals surface area contributed by atoms with Crippen LogP contribution >= 0.6 is 0 Å². The van der Waals surface area contributed by atoms with Gasteiger partial charge in [-0.15, -0.1) is 0 Å². The number of pyridine rings is 1. The molecule has 4 nitrogen and oxygen atoms in total. The van der Waals surface area contributed by atoms with Crippen LogP contribution in [0.1, 0.15) is 37.0 Å². The molecule has 0 radical (unpaired) electrons. The summed E-state index contributed by atoms with van der Waals surface area (Å²) in [7, 11) is 0. The molecule has 0 atom stereocenters. The van der Waals surface area contributed by atoms with Gasteiger partial charge in [0.2, 0.25) is 5.56 Å². The molecular weight excluding hydrogens is 264 g/mol. The summed E-state index contributed by atoms with van der Waals surface area (Å²) in [4.78, 5) is 26.5. The first kappa shape index (κ1) is 13.9. The highest BCUT2D eigenvalue weighted by Crippen LogP contribution is 2.44. The number of carbonyl (C=O) groups excluding carboxylic acids is 1. The fourth-order valence-corrected chi connectivity index (χ4v) is 2.80. The van der Waals surface area contributed by atoms with E-state index in [-0.39, 0.29) is 16.9 Å². The van der Waals surface area contributed by atoms with Crippen molar-refractivity contribution in [3.8, 4) is 0 Å². The number of nitrogens with one attached hydrogen (secondary N) is 2. The van der Waals surface area contributed by atoms with Crippen LogP contribution < -0.4 is 10.9 Å². The van der Waals surface area contributed by atoms with E-state index in [1.807, 2.05) is 6.07 Å². The van der Waals surface area contributed by atoms with E-state index in [0.29, 0.717) is 17.6 Å². The maximum atomic E-state index is 12.4. The molecule has 0 spiro atoms. The first-order chi connectivity index (χ1) is 9.97. The Kier molecular flexibility index (Phi) is 3.32. The van der Waals surface area contributed by atoms with E-state index >= 15 is 0 Å². The summed E-state index contributed by atoms with van der Waals surface area (Å²) in [5.41, 5.74) is 1.29. The summed E-state index contributed by atoms with van der Waals surface area (Å²) >= 11 is 0. The van der Waals surface area contributed by atoms with Gasteiger partial charge in [-0.05, 0) is 42.4 Å². The molecule has 1 saturated carbocycles. The van der Waals surface area contributed by atoms with E-state index < -0.39 is 0 Å². The fraction of sp³-hybridized carbons (Fsp3) is 0.412. The molecule has 1 aliphatic rings. The molecule has 1 fully saturated rings. The largest absolute Gasteiger partial charge is 0.351 e. The number of amides is 1. The molecule has 2 N–H and O–H groups in total. The van der Waals surface area contributed by atoms with Crippen LogP contribution in [0.2, 0.25) is 0 Å². The number of rotatable bonds is 4. The number of hydrogen-bond acceptors (Lipinski definition) is 2. The van der Waals surface area contributed by atoms with E-state index in [1.165, 1.54) is 18.9 Å². The number of hydrogen-bond donors (Lipinski definition) is 2. The Morgan fingerprint density at radius 1 is 1.29 bits per heavy atom. The van der Waals surface area contributed by atoms with Gasteiger partial charge < -0.3 is 10.3 Å². The summed E-state index contributed by atoms with van der Waals surface area (Å²) in [6, 6.07) is 8.54. The average molecular weight is 284 g/mol. The van der Waals surface area contributed by atoms with Crippen molar-refractivity contribution in [1.82, 2.24) is 10.3 Å². The Bertz CT molecular complexity index is 742. The molecule has 1 amide bonds. The van der Waals surface area contributed by atoms with E-state index in [4.69, 9.17) is 0 Å². The zero-order chi connectivity index (χ0) is 15.0. The number of aromatic nitrogens is 1. The minimum atomic E-state index is -0.157. The molecule has 1 aromatic heterocycles. The standard InChI is InChI=1S/C17H20N2O2/c1-17(2,11-6-7-11)10-18-16(21)13-4-3-5-14-12(13)8-9-15(20)19-14/h3-5,8-9,11H,6-7,10H2,1-2H3,(H,18,21)(H,19,20). The Morgan fingerprint density at radius 3 is 2.76 bits per heavy atom. The lowest BCUT2D eigenvalue weighted by Gasteiger charge is -2.24. The van der Waals surface area contributed by atoms with Crippen molar-refractivity contribution in [2.45, 2.75) is 26.7 Å². The van der Waals surface area contributed by atoms with Crippen LogP contribution in [0, 0.1) is 11.3 Å². The van der Waals surface area contributed by atoms with E-state index in [1.54, 1.807) is 18.2 Å². The van der Waals surface area contributed by atoms with Gasteiger partial charge in [-0.25, -0.2) is 0 Å². The minimum Gasteiger partial charge on any atom is -0.351 e. The van der Waals surface area contributed by atoms with Crippen molar-refractivity contribution in [2.24, 2.45) is 11.3 Å². The third-order valence-corrected chi connectivity index (χ3v) is 4.40. The second-order valence-electron chi connectivity index (χ2n) is 6.53. The van der Waals surface area contributed by atoms with Crippen LogP contribution in [0.4, 0.5) is 0 Å². The van der Waals surface area contributed by atoms with Gasteiger partial charge in [-0.3, -0.25) is 9.59 Å². The summed E-state index contributed by atoms with van der Waals surface area (Å²) in [5.74, 6) is 0.642. The summed E-state index contributed by atoms with van der Waals surface area (Å²) in [6.45, 7) is 5.08. The molecule has 1 aliphatic carbocycles. The molecule has 1 aromatic carbocycles. The molecule has 0 bridgehead atoms. The zero-order valence-corrected chi connectivity index (χ0v) is 12.4. The van der Waals surface area contributed by atoms with E-state index in [9.17, 15) is 9.59 Å². The monoisotopic (exact) mass is 284 g/mol. The molecule has 110 valence electrons. The van der Waals surface area contributed by atoms with Gasteiger partial charge in [0.15, 0.2) is 0 Å². The molecule has 2 aromatic rings. The second-order valence-corrected chi connectivity index (χ2v) is 6.53. The van der Waals surface area contributed by atoms with Gasteiger partial charge in [0.25, 0.3) is 5.91 Å². The molecule has 4 heteroatoms. The molecule has 0 saturated heterocycles. The smallest absolute Gasteiger partial charge is 0.251 e. The topological polar surface area (TPSA) is 62.0 Å². The van der Waals surface area contributed by atoms with Gasteiger partial charge >= 0.3 is 0 Å². The van der Waals surface area contributed by atoms with Crippen molar-refractivity contribution < 1.29 is 4.79 Å². The average Bonchev–Trinajstić information content (AvgIpc) is 3.29. The Balaban J connectivity index is 1.83. The second kappa shape index (κ2) is 5.02. The van der Waals surface area contributed by atoms with Crippen molar-refractivity contribution in [2.75, 3.05) is 6.54 Å².